The van der Waals surface area contributed by atoms with E-state index in [-0.39, 0.29) is 44.3 Å². The smallest absolute Gasteiger partial charge is 0.411 e. The first kappa shape index (κ1) is 39.4. The summed E-state index contributed by atoms with van der Waals surface area (Å²) in [5, 5.41) is 16.2. The SMILES string of the molecule is CC(C)(c1ccc(OCc2ccnc(NS(C)(=O)=O)n2)cc1)c1cc(Cl)c(CCOC(=O)Nc2ccc3c(=O)n(C4CCC(=O)NC4=O)ccc3c2)c(C#N)c1. The van der Waals surface area contributed by atoms with Gasteiger partial charge in [0.05, 0.1) is 30.2 Å². The van der Waals surface area contributed by atoms with Crippen molar-refractivity contribution in [3.63, 3.8) is 0 Å². The van der Waals surface area contributed by atoms with E-state index in [2.05, 4.69) is 31.4 Å². The molecular formula is C39H36ClN7O8S. The number of anilines is 2. The van der Waals surface area contributed by atoms with Crippen LogP contribution in [0.3, 0.4) is 0 Å². The topological polar surface area (TPSA) is 211 Å². The molecule has 1 atom stereocenters. The number of nitriles is 1. The van der Waals surface area contributed by atoms with Gasteiger partial charge in [-0.2, -0.15) is 5.26 Å². The third-order valence-electron chi connectivity index (χ3n) is 9.30. The Morgan fingerprint density at radius 1 is 1.07 bits per heavy atom. The van der Waals surface area contributed by atoms with Crippen LogP contribution in [-0.4, -0.2) is 53.7 Å². The van der Waals surface area contributed by atoms with E-state index in [9.17, 15) is 32.9 Å². The highest BCUT2D eigenvalue weighted by Gasteiger charge is 2.29. The van der Waals surface area contributed by atoms with Gasteiger partial charge >= 0.3 is 6.09 Å². The number of nitrogens with one attached hydrogen (secondary N) is 3. The Hall–Kier alpha value is -6.31. The second-order valence-electron chi connectivity index (χ2n) is 13.6. The number of benzene rings is 3. The number of carbonyl (C=O) groups is 3. The Labute approximate surface area is 326 Å². The van der Waals surface area contributed by atoms with Crippen molar-refractivity contribution in [2.75, 3.05) is 22.9 Å². The average Bonchev–Trinajstić information content (AvgIpc) is 3.14. The third kappa shape index (κ3) is 9.13. The normalized spacial score (nSPS) is 14.4. The molecule has 288 valence electrons. The van der Waals surface area contributed by atoms with E-state index in [1.165, 1.54) is 17.0 Å². The Bertz CT molecular complexity index is 2570. The van der Waals surface area contributed by atoms with E-state index in [1.54, 1.807) is 54.6 Å². The monoisotopic (exact) mass is 797 g/mol. The van der Waals surface area contributed by atoms with Gasteiger partial charge in [0, 0.05) is 46.7 Å². The summed E-state index contributed by atoms with van der Waals surface area (Å²) >= 11 is 6.73. The Morgan fingerprint density at radius 2 is 1.84 bits per heavy atom. The maximum atomic E-state index is 13.1. The van der Waals surface area contributed by atoms with Crippen molar-refractivity contribution in [2.24, 2.45) is 0 Å². The minimum atomic E-state index is -3.52. The first-order chi connectivity index (χ1) is 26.6. The highest BCUT2D eigenvalue weighted by Crippen LogP contribution is 2.36. The summed E-state index contributed by atoms with van der Waals surface area (Å²) in [5.74, 6) is -0.381. The third-order valence-corrected chi connectivity index (χ3v) is 10.2. The van der Waals surface area contributed by atoms with Crippen LogP contribution < -0.4 is 25.7 Å². The first-order valence-corrected chi connectivity index (χ1v) is 19.6. The van der Waals surface area contributed by atoms with E-state index in [4.69, 9.17) is 21.1 Å². The van der Waals surface area contributed by atoms with Crippen molar-refractivity contribution in [3.05, 3.63) is 122 Å². The van der Waals surface area contributed by atoms with Crippen LogP contribution in [0.1, 0.15) is 60.7 Å². The van der Waals surface area contributed by atoms with Crippen LogP contribution in [-0.2, 0) is 42.8 Å². The van der Waals surface area contributed by atoms with Crippen LogP contribution >= 0.6 is 11.6 Å². The van der Waals surface area contributed by atoms with Gasteiger partial charge in [0.2, 0.25) is 27.8 Å². The number of pyridine rings is 1. The van der Waals surface area contributed by atoms with E-state index >= 15 is 0 Å². The van der Waals surface area contributed by atoms with Gasteiger partial charge in [0.1, 0.15) is 18.4 Å². The molecule has 3 heterocycles. The van der Waals surface area contributed by atoms with Crippen LogP contribution in [0.5, 0.6) is 5.75 Å². The van der Waals surface area contributed by atoms with Crippen molar-refractivity contribution in [1.29, 1.82) is 5.26 Å². The standard InChI is InChI=1S/C39H36ClN7O8S/c1-39(2,25-4-7-29(8-5-25)55-22-28-12-15-42-37(43-28)46-56(3,52)53)26-18-24(21-41)30(32(40)20-26)14-17-54-38(51)44-27-6-9-31-23(19-27)13-16-47(36(31)50)33-10-11-34(48)45-35(33)49/h4-9,12-13,15-16,18-20,33H,10-11,14,17,22H2,1-3H3,(H,44,51)(H,42,43,46)(H,45,48,49). The van der Waals surface area contributed by atoms with Gasteiger partial charge in [-0.1, -0.05) is 37.6 Å². The lowest BCUT2D eigenvalue weighted by atomic mass is 9.77. The molecule has 1 unspecified atom stereocenters. The van der Waals surface area contributed by atoms with Crippen LogP contribution in [0, 0.1) is 11.3 Å². The summed E-state index contributed by atoms with van der Waals surface area (Å²) in [5.41, 5.74) is 2.49. The number of imide groups is 1. The first-order valence-electron chi connectivity index (χ1n) is 17.3. The molecule has 5 aromatic rings. The second kappa shape index (κ2) is 16.2. The van der Waals surface area contributed by atoms with Gasteiger partial charge in [0.25, 0.3) is 5.56 Å². The van der Waals surface area contributed by atoms with Gasteiger partial charge in [-0.15, -0.1) is 0 Å². The summed E-state index contributed by atoms with van der Waals surface area (Å²) in [6.07, 6.45) is 3.74. The number of carbonyl (C=O) groups excluding carboxylic acids is 3. The number of halogens is 1. The molecule has 3 N–H and O–H groups in total. The Balaban J connectivity index is 1.05. The average molecular weight is 798 g/mol. The molecule has 3 amide bonds. The predicted molar refractivity (Wildman–Crippen MR) is 208 cm³/mol. The molecule has 1 fully saturated rings. The molecule has 0 saturated carbocycles. The molecule has 15 nitrogen and oxygen atoms in total. The molecule has 1 aliphatic heterocycles. The summed E-state index contributed by atoms with van der Waals surface area (Å²) in [6, 6.07) is 20.4. The van der Waals surface area contributed by atoms with Crippen molar-refractivity contribution >= 4 is 61.9 Å². The number of ether oxygens (including phenoxy) is 2. The highest BCUT2D eigenvalue weighted by atomic mass is 35.5. The van der Waals surface area contributed by atoms with E-state index < -0.39 is 39.0 Å². The molecule has 56 heavy (non-hydrogen) atoms. The largest absolute Gasteiger partial charge is 0.487 e. The number of fused-ring (bicyclic) bond motifs is 1. The molecule has 0 bridgehead atoms. The van der Waals surface area contributed by atoms with Crippen LogP contribution in [0.4, 0.5) is 16.4 Å². The lowest BCUT2D eigenvalue weighted by Gasteiger charge is -2.27. The molecule has 0 spiro atoms. The Morgan fingerprint density at radius 3 is 2.55 bits per heavy atom. The maximum Gasteiger partial charge on any atom is 0.411 e. The quantitative estimate of drug-likeness (QED) is 0.137. The Kier molecular flexibility index (Phi) is 11.4. The summed E-state index contributed by atoms with van der Waals surface area (Å²) in [6.45, 7) is 4.01. The fourth-order valence-electron chi connectivity index (χ4n) is 6.27. The molecule has 17 heteroatoms. The number of nitrogens with zero attached hydrogens (tertiary/aromatic N) is 4. The van der Waals surface area contributed by atoms with E-state index in [1.807, 2.05) is 26.0 Å². The van der Waals surface area contributed by atoms with E-state index in [0.29, 0.717) is 44.1 Å². The van der Waals surface area contributed by atoms with E-state index in [0.717, 1.165) is 17.4 Å². The summed E-state index contributed by atoms with van der Waals surface area (Å²) in [4.78, 5) is 57.7. The number of hydrogen-bond acceptors (Lipinski definition) is 11. The van der Waals surface area contributed by atoms with Crippen LogP contribution in [0.25, 0.3) is 10.8 Å². The van der Waals surface area contributed by atoms with Crippen molar-refractivity contribution in [2.45, 2.75) is 51.2 Å². The number of sulfonamides is 1. The molecule has 0 radical (unpaired) electrons. The summed E-state index contributed by atoms with van der Waals surface area (Å²) in [7, 11) is -3.52. The lowest BCUT2D eigenvalue weighted by molar-refractivity contribution is -0.135. The predicted octanol–water partition coefficient (Wildman–Crippen LogP) is 5.36. The van der Waals surface area contributed by atoms with Crippen molar-refractivity contribution < 1.29 is 32.3 Å². The van der Waals surface area contributed by atoms with Crippen LogP contribution in [0.2, 0.25) is 5.02 Å². The van der Waals surface area contributed by atoms with Gasteiger partial charge in [-0.05, 0) is 83.1 Å². The highest BCUT2D eigenvalue weighted by molar-refractivity contribution is 7.92. The van der Waals surface area contributed by atoms with Gasteiger partial charge in [-0.3, -0.25) is 29.7 Å². The summed E-state index contributed by atoms with van der Waals surface area (Å²) < 4.78 is 37.8. The molecule has 3 aromatic carbocycles. The number of aromatic nitrogens is 3. The fourth-order valence-corrected chi connectivity index (χ4v) is 7.01. The van der Waals surface area contributed by atoms with Crippen LogP contribution in [0.15, 0.2) is 83.9 Å². The minimum absolute atomic E-state index is 0.0466. The van der Waals surface area contributed by atoms with Crippen molar-refractivity contribution in [3.8, 4) is 11.8 Å². The minimum Gasteiger partial charge on any atom is -0.487 e. The zero-order valence-corrected chi connectivity index (χ0v) is 32.0. The lowest BCUT2D eigenvalue weighted by Crippen LogP contribution is -2.44. The molecular weight excluding hydrogens is 762 g/mol. The molecule has 2 aromatic heterocycles. The molecule has 1 aliphatic rings. The maximum absolute atomic E-state index is 13.1. The number of piperidine rings is 1. The molecule has 1 saturated heterocycles. The number of rotatable bonds is 12. The second-order valence-corrected chi connectivity index (χ2v) is 15.7. The number of hydrogen-bond donors (Lipinski definition) is 3. The van der Waals surface area contributed by atoms with Crippen molar-refractivity contribution in [1.82, 2.24) is 19.9 Å². The fraction of sp³-hybridized carbons (Fsp3) is 0.256. The molecule has 0 aliphatic carbocycles. The number of amides is 3. The zero-order chi connectivity index (χ0) is 40.2. The van der Waals surface area contributed by atoms with Gasteiger partial charge < -0.3 is 14.0 Å². The molecule has 6 rings (SSSR count). The van der Waals surface area contributed by atoms with Gasteiger partial charge in [-0.25, -0.2) is 23.2 Å². The van der Waals surface area contributed by atoms with Gasteiger partial charge in [0.15, 0.2) is 0 Å². The zero-order valence-electron chi connectivity index (χ0n) is 30.5.